The monoisotopic (exact) mass is 232 g/mol. The van der Waals surface area contributed by atoms with Crippen molar-refractivity contribution in [3.05, 3.63) is 0 Å². The first-order valence-corrected chi connectivity index (χ1v) is 4.09. The Hall–Kier alpha value is -2.03. The molecule has 80 valence electrons. The van der Waals surface area contributed by atoms with Crippen molar-refractivity contribution in [3.8, 4) is 0 Å². The predicted octanol–water partition coefficient (Wildman–Crippen LogP) is -1.41. The molecule has 0 rings (SSSR count). The number of aldehydes is 2. The van der Waals surface area contributed by atoms with Crippen LogP contribution in [0.15, 0.2) is 0 Å². The number of hydrogen-bond donors (Lipinski definition) is 2. The molecule has 0 unspecified atom stereocenters. The molecule has 0 radical (unpaired) electrons. The van der Waals surface area contributed by atoms with Gasteiger partial charge in [0.15, 0.2) is 0 Å². The van der Waals surface area contributed by atoms with Crippen molar-refractivity contribution in [2.75, 3.05) is 0 Å². The van der Waals surface area contributed by atoms with Crippen LogP contribution < -0.4 is 10.6 Å². The molecule has 0 heterocycles. The van der Waals surface area contributed by atoms with Gasteiger partial charge < -0.3 is 0 Å². The molecule has 2 N–H and O–H groups in total. The van der Waals surface area contributed by atoms with Gasteiger partial charge in [0, 0.05) is 11.8 Å². The summed E-state index contributed by atoms with van der Waals surface area (Å²) in [4.78, 5) is 61.6. The zero-order valence-corrected chi connectivity index (χ0v) is 7.83. The molecule has 0 aliphatic rings. The van der Waals surface area contributed by atoms with Gasteiger partial charge in [-0.1, -0.05) is 0 Å². The minimum absolute atomic E-state index is 0.0725. The molecule has 0 aromatic rings. The molecule has 8 nitrogen and oxygen atoms in total. The first-order valence-electron chi connectivity index (χ1n) is 3.27. The highest BCUT2D eigenvalue weighted by Crippen LogP contribution is 2.01. The summed E-state index contributed by atoms with van der Waals surface area (Å²) >= 11 is -0.0725. The number of thioether (sulfide) groups is 1. The topological polar surface area (TPSA) is 126 Å². The van der Waals surface area contributed by atoms with Gasteiger partial charge in [-0.2, -0.15) is 0 Å². The van der Waals surface area contributed by atoms with Crippen molar-refractivity contribution < 1.29 is 28.8 Å². The molecule has 4 amide bonds. The molecular formula is C6H4N2O6S. The number of carbonyl (C=O) groups excluding carboxylic acids is 6. The summed E-state index contributed by atoms with van der Waals surface area (Å²) < 4.78 is 0. The number of imide groups is 2. The summed E-state index contributed by atoms with van der Waals surface area (Å²) in [5.74, 6) is -2.44. The van der Waals surface area contributed by atoms with Gasteiger partial charge in [0.2, 0.25) is 12.6 Å². The van der Waals surface area contributed by atoms with E-state index in [1.54, 1.807) is 0 Å². The van der Waals surface area contributed by atoms with Crippen molar-refractivity contribution in [3.63, 3.8) is 0 Å². The molecule has 0 saturated carbocycles. The lowest BCUT2D eigenvalue weighted by molar-refractivity contribution is -0.130. The van der Waals surface area contributed by atoms with Crippen molar-refractivity contribution in [2.24, 2.45) is 0 Å². The fourth-order valence-corrected chi connectivity index (χ4v) is 0.867. The molecule has 0 spiro atoms. The van der Waals surface area contributed by atoms with E-state index in [2.05, 4.69) is 0 Å². The maximum atomic E-state index is 10.7. The second-order valence-corrected chi connectivity index (χ2v) is 2.84. The number of rotatable bonds is 2. The molecule has 0 bridgehead atoms. The molecule has 0 aliphatic carbocycles. The quantitative estimate of drug-likeness (QED) is 0.442. The van der Waals surface area contributed by atoms with Crippen LogP contribution in [0, 0.1) is 0 Å². The smallest absolute Gasteiger partial charge is 0.292 e. The number of hydrogen-bond acceptors (Lipinski definition) is 7. The molecule has 0 aromatic carbocycles. The van der Waals surface area contributed by atoms with Gasteiger partial charge in [-0.3, -0.25) is 39.4 Å². The average Bonchev–Trinajstić information content (AvgIpc) is 2.16. The largest absolute Gasteiger partial charge is 0.295 e. The van der Waals surface area contributed by atoms with Crippen LogP contribution in [0.1, 0.15) is 0 Å². The van der Waals surface area contributed by atoms with Crippen molar-refractivity contribution in [1.29, 1.82) is 0 Å². The second-order valence-electron chi connectivity index (χ2n) is 1.89. The van der Waals surface area contributed by atoms with Crippen LogP contribution in [0.2, 0.25) is 0 Å². The van der Waals surface area contributed by atoms with Crippen LogP contribution >= 0.6 is 11.8 Å². The first-order chi connectivity index (χ1) is 6.99. The number of nitrogens with one attached hydrogen (secondary N) is 2. The van der Waals surface area contributed by atoms with E-state index in [1.165, 1.54) is 10.6 Å². The third-order valence-corrected chi connectivity index (χ3v) is 1.42. The molecule has 0 aliphatic heterocycles. The van der Waals surface area contributed by atoms with E-state index in [4.69, 9.17) is 0 Å². The van der Waals surface area contributed by atoms with Crippen LogP contribution in [0.4, 0.5) is 9.59 Å². The van der Waals surface area contributed by atoms with E-state index in [9.17, 15) is 28.8 Å². The van der Waals surface area contributed by atoms with Gasteiger partial charge in [-0.15, -0.1) is 0 Å². The van der Waals surface area contributed by atoms with E-state index in [0.29, 0.717) is 0 Å². The molecule has 0 saturated heterocycles. The van der Waals surface area contributed by atoms with E-state index >= 15 is 0 Å². The Kier molecular flexibility index (Phi) is 5.56. The Morgan fingerprint density at radius 1 is 0.800 bits per heavy atom. The minimum Gasteiger partial charge on any atom is -0.292 e. The highest BCUT2D eigenvalue weighted by atomic mass is 32.2. The Morgan fingerprint density at radius 2 is 1.13 bits per heavy atom. The standard InChI is InChI=1S/C6H4N2O6S/c9-1-3(11)7-5(13)15-6(14)8-4(12)2-10/h1-2H,(H,7,11,13)(H,8,12,14). The Balaban J connectivity index is 4.02. The molecule has 0 fully saturated rings. The van der Waals surface area contributed by atoms with Crippen molar-refractivity contribution in [1.82, 2.24) is 10.6 Å². The predicted molar refractivity (Wildman–Crippen MR) is 46.8 cm³/mol. The SMILES string of the molecule is O=CC(=O)NC(=O)SC(=O)NC(=O)C=O. The van der Waals surface area contributed by atoms with Crippen LogP contribution in [-0.2, 0) is 19.2 Å². The summed E-state index contributed by atoms with van der Waals surface area (Å²) in [5, 5.41) is 0.745. The lowest BCUT2D eigenvalue weighted by atomic mass is 10.7. The molecular weight excluding hydrogens is 228 g/mol. The van der Waals surface area contributed by atoms with Gasteiger partial charge in [0.1, 0.15) is 0 Å². The summed E-state index contributed by atoms with van der Waals surface area (Å²) in [7, 11) is 0. The zero-order chi connectivity index (χ0) is 11.8. The first kappa shape index (κ1) is 13.0. The van der Waals surface area contributed by atoms with Crippen LogP contribution in [0.3, 0.4) is 0 Å². The Bertz CT molecular complexity index is 307. The second kappa shape index (κ2) is 6.43. The van der Waals surface area contributed by atoms with E-state index in [1.807, 2.05) is 0 Å². The van der Waals surface area contributed by atoms with E-state index in [-0.39, 0.29) is 24.3 Å². The van der Waals surface area contributed by atoms with Crippen LogP contribution in [0.25, 0.3) is 0 Å². The normalized spacial score (nSPS) is 8.53. The highest BCUT2D eigenvalue weighted by molar-refractivity contribution is 8.26. The molecule has 9 heteroatoms. The van der Waals surface area contributed by atoms with Gasteiger partial charge >= 0.3 is 0 Å². The Morgan fingerprint density at radius 3 is 1.40 bits per heavy atom. The number of carbonyl (C=O) groups is 6. The van der Waals surface area contributed by atoms with Crippen molar-refractivity contribution >= 4 is 46.6 Å². The zero-order valence-electron chi connectivity index (χ0n) is 7.01. The number of amides is 4. The van der Waals surface area contributed by atoms with Gasteiger partial charge in [0.25, 0.3) is 22.3 Å². The fraction of sp³-hybridized carbons (Fsp3) is 0. The van der Waals surface area contributed by atoms with Crippen molar-refractivity contribution in [2.45, 2.75) is 0 Å². The fourth-order valence-electron chi connectivity index (χ4n) is 0.395. The third kappa shape index (κ3) is 6.10. The molecule has 15 heavy (non-hydrogen) atoms. The van der Waals surface area contributed by atoms with E-state index < -0.39 is 22.3 Å². The minimum atomic E-state index is -1.22. The maximum absolute atomic E-state index is 10.7. The summed E-state index contributed by atoms with van der Waals surface area (Å²) in [6.07, 6.45) is -0.320. The van der Waals surface area contributed by atoms with Crippen LogP contribution in [0.5, 0.6) is 0 Å². The Labute approximate surface area is 86.8 Å². The van der Waals surface area contributed by atoms with Crippen LogP contribution in [-0.4, -0.2) is 34.9 Å². The lowest BCUT2D eigenvalue weighted by Gasteiger charge is -1.98. The molecule has 0 atom stereocenters. The molecule has 0 aromatic heterocycles. The average molecular weight is 232 g/mol. The van der Waals surface area contributed by atoms with E-state index in [0.717, 1.165) is 0 Å². The summed E-state index contributed by atoms with van der Waals surface area (Å²) in [5.41, 5.74) is 0. The summed E-state index contributed by atoms with van der Waals surface area (Å²) in [6, 6.07) is 0. The van der Waals surface area contributed by atoms with Gasteiger partial charge in [-0.05, 0) is 0 Å². The lowest BCUT2D eigenvalue weighted by Crippen LogP contribution is -2.33. The highest BCUT2D eigenvalue weighted by Gasteiger charge is 2.14. The maximum Gasteiger partial charge on any atom is 0.295 e. The summed E-state index contributed by atoms with van der Waals surface area (Å²) in [6.45, 7) is 0. The van der Waals surface area contributed by atoms with Gasteiger partial charge in [0.05, 0.1) is 0 Å². The van der Waals surface area contributed by atoms with Gasteiger partial charge in [-0.25, -0.2) is 0 Å². The third-order valence-electron chi connectivity index (χ3n) is 0.850.